The Labute approximate surface area is 151 Å². The van der Waals surface area contributed by atoms with Crippen molar-refractivity contribution in [3.63, 3.8) is 0 Å². The molecule has 4 heterocycles. The van der Waals surface area contributed by atoms with E-state index in [-0.39, 0.29) is 0 Å². The first-order valence-corrected chi connectivity index (χ1v) is 9.25. The SMILES string of the molecule is c1cc2c(c(OCC3CCCN3c3ncnc4[nH]cnc34)c1)CNCC2. The van der Waals surface area contributed by atoms with E-state index in [4.69, 9.17) is 4.74 Å². The summed E-state index contributed by atoms with van der Waals surface area (Å²) in [6.07, 6.45) is 6.58. The number of rotatable bonds is 4. The number of nitrogens with zero attached hydrogens (tertiary/aromatic N) is 4. The highest BCUT2D eigenvalue weighted by molar-refractivity contribution is 5.83. The number of nitrogens with one attached hydrogen (secondary N) is 2. The van der Waals surface area contributed by atoms with Gasteiger partial charge >= 0.3 is 0 Å². The van der Waals surface area contributed by atoms with E-state index in [1.807, 2.05) is 0 Å². The van der Waals surface area contributed by atoms with Crippen LogP contribution in [0.2, 0.25) is 0 Å². The highest BCUT2D eigenvalue weighted by Gasteiger charge is 2.29. The van der Waals surface area contributed by atoms with Crippen LogP contribution >= 0.6 is 0 Å². The molecule has 2 aliphatic heterocycles. The lowest BCUT2D eigenvalue weighted by Crippen LogP contribution is -2.35. The van der Waals surface area contributed by atoms with Gasteiger partial charge in [-0.05, 0) is 37.4 Å². The summed E-state index contributed by atoms with van der Waals surface area (Å²) >= 11 is 0. The maximum Gasteiger partial charge on any atom is 0.162 e. The van der Waals surface area contributed by atoms with Crippen LogP contribution in [0.15, 0.2) is 30.9 Å². The largest absolute Gasteiger partial charge is 0.491 e. The van der Waals surface area contributed by atoms with E-state index in [1.165, 1.54) is 11.1 Å². The molecule has 3 aromatic rings. The van der Waals surface area contributed by atoms with Crippen molar-refractivity contribution in [1.82, 2.24) is 25.3 Å². The van der Waals surface area contributed by atoms with Gasteiger partial charge in [0.2, 0.25) is 0 Å². The van der Waals surface area contributed by atoms with Crippen molar-refractivity contribution in [2.24, 2.45) is 0 Å². The number of aromatic amines is 1. The highest BCUT2D eigenvalue weighted by Crippen LogP contribution is 2.30. The van der Waals surface area contributed by atoms with Gasteiger partial charge in [-0.2, -0.15) is 0 Å². The van der Waals surface area contributed by atoms with Gasteiger partial charge in [-0.3, -0.25) is 0 Å². The van der Waals surface area contributed by atoms with Gasteiger partial charge in [-0.1, -0.05) is 12.1 Å². The van der Waals surface area contributed by atoms with Crippen LogP contribution in [0.4, 0.5) is 5.82 Å². The third kappa shape index (κ3) is 2.68. The normalized spacial score (nSPS) is 19.7. The first-order valence-electron chi connectivity index (χ1n) is 9.25. The average molecular weight is 350 g/mol. The topological polar surface area (TPSA) is 79.0 Å². The van der Waals surface area contributed by atoms with Gasteiger partial charge in [-0.25, -0.2) is 15.0 Å². The summed E-state index contributed by atoms with van der Waals surface area (Å²) in [4.78, 5) is 18.5. The summed E-state index contributed by atoms with van der Waals surface area (Å²) in [5, 5.41) is 3.44. The number of aromatic nitrogens is 4. The molecule has 1 atom stereocenters. The third-order valence-electron chi connectivity index (χ3n) is 5.38. The molecule has 1 aromatic carbocycles. The molecule has 7 heteroatoms. The number of imidazole rings is 1. The van der Waals surface area contributed by atoms with Crippen molar-refractivity contribution < 1.29 is 4.74 Å². The first-order chi connectivity index (χ1) is 12.9. The van der Waals surface area contributed by atoms with Crippen LogP contribution in [0.5, 0.6) is 5.75 Å². The maximum absolute atomic E-state index is 6.28. The fourth-order valence-electron chi connectivity index (χ4n) is 4.05. The van der Waals surface area contributed by atoms with Crippen molar-refractivity contribution in [3.8, 4) is 5.75 Å². The zero-order chi connectivity index (χ0) is 17.3. The second kappa shape index (κ2) is 6.57. The van der Waals surface area contributed by atoms with Crippen LogP contribution in [-0.4, -0.2) is 45.7 Å². The number of hydrogen-bond donors (Lipinski definition) is 2. The molecule has 2 aromatic heterocycles. The Bertz CT molecular complexity index is 923. The number of fused-ring (bicyclic) bond motifs is 2. The van der Waals surface area contributed by atoms with E-state index < -0.39 is 0 Å². The number of anilines is 1. The molecular weight excluding hydrogens is 328 g/mol. The molecule has 0 amide bonds. The van der Waals surface area contributed by atoms with Gasteiger partial charge in [0.15, 0.2) is 11.5 Å². The lowest BCUT2D eigenvalue weighted by molar-refractivity contribution is 0.284. The molecule has 1 fully saturated rings. The summed E-state index contributed by atoms with van der Waals surface area (Å²) in [7, 11) is 0. The molecule has 0 aliphatic carbocycles. The minimum atomic E-state index is 0.303. The molecule has 2 aliphatic rings. The van der Waals surface area contributed by atoms with E-state index in [2.05, 4.69) is 48.4 Å². The minimum absolute atomic E-state index is 0.303. The molecule has 0 radical (unpaired) electrons. The molecule has 134 valence electrons. The lowest BCUT2D eigenvalue weighted by Gasteiger charge is -2.27. The predicted molar refractivity (Wildman–Crippen MR) is 99.4 cm³/mol. The third-order valence-corrected chi connectivity index (χ3v) is 5.38. The van der Waals surface area contributed by atoms with Crippen molar-refractivity contribution in [2.45, 2.75) is 31.8 Å². The van der Waals surface area contributed by atoms with Crippen molar-refractivity contribution >= 4 is 17.0 Å². The Morgan fingerprint density at radius 1 is 1.23 bits per heavy atom. The van der Waals surface area contributed by atoms with Gasteiger partial charge in [0, 0.05) is 18.7 Å². The quantitative estimate of drug-likeness (QED) is 0.750. The monoisotopic (exact) mass is 350 g/mol. The maximum atomic E-state index is 6.28. The van der Waals surface area contributed by atoms with Gasteiger partial charge in [-0.15, -0.1) is 0 Å². The average Bonchev–Trinajstić information content (AvgIpc) is 3.35. The summed E-state index contributed by atoms with van der Waals surface area (Å²) in [5.74, 6) is 1.91. The van der Waals surface area contributed by atoms with Crippen LogP contribution in [0.1, 0.15) is 24.0 Å². The molecule has 26 heavy (non-hydrogen) atoms. The van der Waals surface area contributed by atoms with Crippen molar-refractivity contribution in [1.29, 1.82) is 0 Å². The molecule has 2 N–H and O–H groups in total. The summed E-state index contributed by atoms with van der Waals surface area (Å²) < 4.78 is 6.28. The van der Waals surface area contributed by atoms with E-state index in [9.17, 15) is 0 Å². The smallest absolute Gasteiger partial charge is 0.162 e. The Kier molecular flexibility index (Phi) is 3.93. The zero-order valence-corrected chi connectivity index (χ0v) is 14.6. The first kappa shape index (κ1) is 15.6. The van der Waals surface area contributed by atoms with E-state index in [0.29, 0.717) is 12.6 Å². The van der Waals surface area contributed by atoms with Crippen molar-refractivity contribution in [3.05, 3.63) is 42.0 Å². The zero-order valence-electron chi connectivity index (χ0n) is 14.6. The van der Waals surface area contributed by atoms with Crippen LogP contribution < -0.4 is 15.0 Å². The number of ether oxygens (including phenoxy) is 1. The lowest BCUT2D eigenvalue weighted by atomic mass is 10.0. The fraction of sp³-hybridized carbons (Fsp3) is 0.421. The summed E-state index contributed by atoms with van der Waals surface area (Å²) in [6, 6.07) is 6.70. The minimum Gasteiger partial charge on any atom is -0.491 e. The highest BCUT2D eigenvalue weighted by atomic mass is 16.5. The van der Waals surface area contributed by atoms with E-state index in [0.717, 1.165) is 61.6 Å². The van der Waals surface area contributed by atoms with E-state index >= 15 is 0 Å². The Morgan fingerprint density at radius 3 is 3.23 bits per heavy atom. The number of benzene rings is 1. The van der Waals surface area contributed by atoms with Gasteiger partial charge in [0.05, 0.1) is 12.4 Å². The van der Waals surface area contributed by atoms with Gasteiger partial charge in [0.25, 0.3) is 0 Å². The van der Waals surface area contributed by atoms with Gasteiger partial charge < -0.3 is 19.9 Å². The van der Waals surface area contributed by atoms with Gasteiger partial charge in [0.1, 0.15) is 24.2 Å². The molecule has 0 bridgehead atoms. The Hall–Kier alpha value is -2.67. The van der Waals surface area contributed by atoms with Crippen LogP contribution in [0.25, 0.3) is 11.2 Å². The number of hydrogen-bond acceptors (Lipinski definition) is 6. The predicted octanol–water partition coefficient (Wildman–Crippen LogP) is 2.05. The second-order valence-electron chi connectivity index (χ2n) is 6.92. The molecule has 0 spiro atoms. The van der Waals surface area contributed by atoms with Crippen LogP contribution in [0, 0.1) is 0 Å². The molecule has 7 nitrogen and oxygen atoms in total. The molecule has 5 rings (SSSR count). The molecular formula is C19H22N6O. The van der Waals surface area contributed by atoms with Crippen LogP contribution in [-0.2, 0) is 13.0 Å². The van der Waals surface area contributed by atoms with Crippen molar-refractivity contribution in [2.75, 3.05) is 24.6 Å². The second-order valence-corrected chi connectivity index (χ2v) is 6.92. The standard InChI is InChI=1S/C19H22N6O/c1-3-13-6-7-20-9-15(13)16(5-1)26-10-14-4-2-8-25(14)19-17-18(22-11-21-17)23-12-24-19/h1,3,5,11-12,14,20H,2,4,6-10H2,(H,21,22,23,24). The molecule has 1 unspecified atom stereocenters. The van der Waals surface area contributed by atoms with E-state index in [1.54, 1.807) is 12.7 Å². The Balaban J connectivity index is 1.37. The van der Waals surface area contributed by atoms with Crippen LogP contribution in [0.3, 0.4) is 0 Å². The molecule has 0 saturated carbocycles. The summed E-state index contributed by atoms with van der Waals surface area (Å²) in [6.45, 7) is 3.56. The molecule has 1 saturated heterocycles. The number of H-pyrrole nitrogens is 1. The Morgan fingerprint density at radius 2 is 2.23 bits per heavy atom. The summed E-state index contributed by atoms with van der Waals surface area (Å²) in [5.41, 5.74) is 4.32. The fourth-order valence-corrected chi connectivity index (χ4v) is 4.05.